The first kappa shape index (κ1) is 16.3. The number of aromatic nitrogens is 2. The van der Waals surface area contributed by atoms with Gasteiger partial charge in [-0.2, -0.15) is 0 Å². The molecule has 4 rings (SSSR count). The molecule has 6 heteroatoms. The second kappa shape index (κ2) is 6.29. The Balaban J connectivity index is 1.73. The summed E-state index contributed by atoms with van der Waals surface area (Å²) < 4.78 is 5.41. The minimum atomic E-state index is -0.102. The van der Waals surface area contributed by atoms with Crippen molar-refractivity contribution in [2.75, 3.05) is 13.7 Å². The van der Waals surface area contributed by atoms with E-state index in [1.165, 1.54) is 0 Å². The summed E-state index contributed by atoms with van der Waals surface area (Å²) in [5.74, 6) is 1.25. The van der Waals surface area contributed by atoms with Crippen LogP contribution >= 0.6 is 0 Å². The van der Waals surface area contributed by atoms with Crippen molar-refractivity contribution in [3.8, 4) is 5.75 Å². The number of aromatic amines is 1. The van der Waals surface area contributed by atoms with E-state index in [9.17, 15) is 9.59 Å². The normalized spacial score (nSPS) is 13.5. The first-order valence-corrected chi connectivity index (χ1v) is 8.52. The molecule has 132 valence electrons. The Hall–Kier alpha value is -3.15. The van der Waals surface area contributed by atoms with Crippen molar-refractivity contribution in [2.45, 2.75) is 19.9 Å². The number of carbonyl (C=O) groups excluding carboxylic acids is 1. The fourth-order valence-corrected chi connectivity index (χ4v) is 3.54. The molecule has 0 radical (unpaired) electrons. The van der Waals surface area contributed by atoms with Crippen LogP contribution in [0.1, 0.15) is 27.4 Å². The number of amides is 1. The number of nitrogens with one attached hydrogen (secondary N) is 1. The summed E-state index contributed by atoms with van der Waals surface area (Å²) in [6, 6.07) is 11.3. The van der Waals surface area contributed by atoms with Gasteiger partial charge in [-0.05, 0) is 30.9 Å². The third-order valence-electron chi connectivity index (χ3n) is 4.81. The number of fused-ring (bicyclic) bond motifs is 2. The first-order chi connectivity index (χ1) is 12.6. The van der Waals surface area contributed by atoms with Crippen molar-refractivity contribution in [3.05, 3.63) is 69.4 Å². The lowest BCUT2D eigenvalue weighted by Gasteiger charge is -2.28. The number of benzene rings is 2. The SMILES string of the molecule is COc1ccc(C(=O)N2CCc3c(nc(C)[nH]c3=O)C2)c2ccccc12. The topological polar surface area (TPSA) is 75.3 Å². The van der Waals surface area contributed by atoms with E-state index in [2.05, 4.69) is 9.97 Å². The molecular formula is C20H19N3O3. The van der Waals surface area contributed by atoms with Gasteiger partial charge in [0.25, 0.3) is 11.5 Å². The van der Waals surface area contributed by atoms with Crippen LogP contribution in [0.25, 0.3) is 10.8 Å². The summed E-state index contributed by atoms with van der Waals surface area (Å²) in [6.07, 6.45) is 0.512. The quantitative estimate of drug-likeness (QED) is 0.771. The van der Waals surface area contributed by atoms with Crippen molar-refractivity contribution >= 4 is 16.7 Å². The van der Waals surface area contributed by atoms with Crippen LogP contribution in [0.3, 0.4) is 0 Å². The fourth-order valence-electron chi connectivity index (χ4n) is 3.54. The molecule has 26 heavy (non-hydrogen) atoms. The van der Waals surface area contributed by atoms with Crippen LogP contribution in [0.15, 0.2) is 41.2 Å². The molecule has 3 aromatic rings. The van der Waals surface area contributed by atoms with Crippen molar-refractivity contribution in [3.63, 3.8) is 0 Å². The zero-order valence-electron chi connectivity index (χ0n) is 14.7. The van der Waals surface area contributed by atoms with Crippen LogP contribution in [0.4, 0.5) is 0 Å². The lowest BCUT2D eigenvalue weighted by atomic mass is 10.0. The predicted octanol–water partition coefficient (Wildman–Crippen LogP) is 2.44. The van der Waals surface area contributed by atoms with Gasteiger partial charge in [0.2, 0.25) is 0 Å². The summed E-state index contributed by atoms with van der Waals surface area (Å²) in [7, 11) is 1.62. The van der Waals surface area contributed by atoms with Gasteiger partial charge < -0.3 is 14.6 Å². The minimum absolute atomic E-state index is 0.0609. The molecule has 0 bridgehead atoms. The number of carbonyl (C=O) groups is 1. The Morgan fingerprint density at radius 2 is 1.96 bits per heavy atom. The molecule has 1 aliphatic heterocycles. The number of hydrogen-bond donors (Lipinski definition) is 1. The molecule has 0 aliphatic carbocycles. The second-order valence-electron chi connectivity index (χ2n) is 6.41. The summed E-state index contributed by atoms with van der Waals surface area (Å²) in [6.45, 7) is 2.60. The molecule has 1 aliphatic rings. The van der Waals surface area contributed by atoms with Crippen LogP contribution in [0, 0.1) is 6.92 Å². The second-order valence-corrected chi connectivity index (χ2v) is 6.41. The molecule has 0 spiro atoms. The third kappa shape index (κ3) is 2.63. The van der Waals surface area contributed by atoms with Gasteiger partial charge in [-0.25, -0.2) is 4.98 Å². The van der Waals surface area contributed by atoms with Crippen molar-refractivity contribution in [2.24, 2.45) is 0 Å². The van der Waals surface area contributed by atoms with E-state index < -0.39 is 0 Å². The highest BCUT2D eigenvalue weighted by Gasteiger charge is 2.26. The number of rotatable bonds is 2. The highest BCUT2D eigenvalue weighted by atomic mass is 16.5. The Bertz CT molecular complexity index is 1070. The Kier molecular flexibility index (Phi) is 3.95. The van der Waals surface area contributed by atoms with Crippen molar-refractivity contribution < 1.29 is 9.53 Å². The summed E-state index contributed by atoms with van der Waals surface area (Å²) in [4.78, 5) is 34.1. The fraction of sp³-hybridized carbons (Fsp3) is 0.250. The van der Waals surface area contributed by atoms with Crippen LogP contribution in [0.5, 0.6) is 5.75 Å². The number of hydrogen-bond acceptors (Lipinski definition) is 4. The number of methoxy groups -OCH3 is 1. The lowest BCUT2D eigenvalue weighted by Crippen LogP contribution is -2.39. The molecule has 1 amide bonds. The van der Waals surface area contributed by atoms with Crippen LogP contribution in [-0.2, 0) is 13.0 Å². The summed E-state index contributed by atoms with van der Waals surface area (Å²) >= 11 is 0. The molecule has 2 heterocycles. The lowest BCUT2D eigenvalue weighted by molar-refractivity contribution is 0.0733. The van der Waals surface area contributed by atoms with Gasteiger partial charge in [0.05, 0.1) is 19.3 Å². The molecule has 0 unspecified atom stereocenters. The number of H-pyrrole nitrogens is 1. The van der Waals surface area contributed by atoms with Crippen molar-refractivity contribution in [1.29, 1.82) is 0 Å². The highest BCUT2D eigenvalue weighted by molar-refractivity contribution is 6.08. The van der Waals surface area contributed by atoms with Gasteiger partial charge in [-0.3, -0.25) is 9.59 Å². The molecule has 0 saturated carbocycles. The van der Waals surface area contributed by atoms with Gasteiger partial charge in [-0.15, -0.1) is 0 Å². The summed E-state index contributed by atoms with van der Waals surface area (Å²) in [5.41, 5.74) is 1.89. The number of nitrogens with zero attached hydrogens (tertiary/aromatic N) is 2. The molecule has 1 aromatic heterocycles. The smallest absolute Gasteiger partial charge is 0.254 e. The van der Waals surface area contributed by atoms with Gasteiger partial charge in [-0.1, -0.05) is 24.3 Å². The molecule has 0 fully saturated rings. The van der Waals surface area contributed by atoms with Gasteiger partial charge in [0.15, 0.2) is 0 Å². The van der Waals surface area contributed by atoms with Gasteiger partial charge in [0, 0.05) is 23.1 Å². The predicted molar refractivity (Wildman–Crippen MR) is 98.5 cm³/mol. The standard InChI is InChI=1S/C20H19N3O3/c1-12-21-17-11-23(10-9-16(17)19(24)22-12)20(25)15-7-8-18(26-2)14-6-4-3-5-13(14)15/h3-8H,9-11H2,1-2H3,(H,21,22,24). The summed E-state index contributed by atoms with van der Waals surface area (Å²) in [5, 5.41) is 1.77. The van der Waals surface area contributed by atoms with E-state index in [0.29, 0.717) is 42.2 Å². The first-order valence-electron chi connectivity index (χ1n) is 8.52. The Morgan fingerprint density at radius 1 is 1.19 bits per heavy atom. The van der Waals surface area contributed by atoms with E-state index in [1.54, 1.807) is 25.0 Å². The third-order valence-corrected chi connectivity index (χ3v) is 4.81. The van der Waals surface area contributed by atoms with Crippen LogP contribution in [0.2, 0.25) is 0 Å². The van der Waals surface area contributed by atoms with E-state index in [4.69, 9.17) is 4.74 Å². The van der Waals surface area contributed by atoms with Crippen LogP contribution in [-0.4, -0.2) is 34.4 Å². The average Bonchev–Trinajstić information content (AvgIpc) is 2.66. The Morgan fingerprint density at radius 3 is 2.73 bits per heavy atom. The average molecular weight is 349 g/mol. The molecule has 1 N–H and O–H groups in total. The van der Waals surface area contributed by atoms with Gasteiger partial charge >= 0.3 is 0 Å². The maximum absolute atomic E-state index is 13.2. The highest BCUT2D eigenvalue weighted by Crippen LogP contribution is 2.29. The van der Waals surface area contributed by atoms with E-state index in [1.807, 2.05) is 30.3 Å². The number of ether oxygens (including phenoxy) is 1. The minimum Gasteiger partial charge on any atom is -0.496 e. The number of aryl methyl sites for hydroxylation is 1. The van der Waals surface area contributed by atoms with E-state index >= 15 is 0 Å². The largest absolute Gasteiger partial charge is 0.496 e. The van der Waals surface area contributed by atoms with E-state index in [0.717, 1.165) is 16.5 Å². The Labute approximate surface area is 150 Å². The van der Waals surface area contributed by atoms with E-state index in [-0.39, 0.29) is 11.5 Å². The van der Waals surface area contributed by atoms with Crippen molar-refractivity contribution in [1.82, 2.24) is 14.9 Å². The van der Waals surface area contributed by atoms with Gasteiger partial charge in [0.1, 0.15) is 11.6 Å². The maximum atomic E-state index is 13.2. The molecule has 2 aromatic carbocycles. The monoisotopic (exact) mass is 349 g/mol. The maximum Gasteiger partial charge on any atom is 0.254 e. The molecule has 0 atom stereocenters. The molecule has 6 nitrogen and oxygen atoms in total. The molecule has 0 saturated heterocycles. The molecular weight excluding hydrogens is 330 g/mol. The zero-order chi connectivity index (χ0) is 18.3. The van der Waals surface area contributed by atoms with Crippen LogP contribution < -0.4 is 10.3 Å². The zero-order valence-corrected chi connectivity index (χ0v) is 14.7.